The van der Waals surface area contributed by atoms with E-state index in [0.29, 0.717) is 12.5 Å². The van der Waals surface area contributed by atoms with E-state index in [9.17, 15) is 9.59 Å². The van der Waals surface area contributed by atoms with Crippen LogP contribution in [0.4, 0.5) is 5.69 Å². The summed E-state index contributed by atoms with van der Waals surface area (Å²) in [6.45, 7) is 4.24. The average molecular weight is 356 g/mol. The van der Waals surface area contributed by atoms with Crippen LogP contribution in [0, 0.1) is 6.92 Å². The third kappa shape index (κ3) is 2.32. The van der Waals surface area contributed by atoms with Gasteiger partial charge in [-0.1, -0.05) is 0 Å². The van der Waals surface area contributed by atoms with Gasteiger partial charge >= 0.3 is 5.97 Å². The topological polar surface area (TPSA) is 77.3 Å². The number of carbonyl (C=O) groups excluding carboxylic acids is 1. The Morgan fingerprint density at radius 3 is 2.92 bits per heavy atom. The van der Waals surface area contributed by atoms with Gasteiger partial charge in [-0.2, -0.15) is 0 Å². The minimum absolute atomic E-state index is 0.0440. The lowest BCUT2D eigenvalue weighted by Gasteiger charge is -2.28. The van der Waals surface area contributed by atoms with Crippen molar-refractivity contribution in [3.05, 3.63) is 39.9 Å². The number of ether oxygens (including phenoxy) is 1. The summed E-state index contributed by atoms with van der Waals surface area (Å²) in [7, 11) is 1.92. The quantitative estimate of drug-likeness (QED) is 0.656. The van der Waals surface area contributed by atoms with E-state index in [2.05, 4.69) is 16.0 Å². The van der Waals surface area contributed by atoms with Crippen LogP contribution in [0.25, 0.3) is 20.9 Å². The molecule has 1 aliphatic heterocycles. The molecule has 0 spiro atoms. The number of aryl methyl sites for hydroxylation is 1. The third-order valence-corrected chi connectivity index (χ3v) is 5.24. The molecule has 0 atom stereocenters. The zero-order valence-electron chi connectivity index (χ0n) is 14.1. The largest absolute Gasteiger partial charge is 0.462 e. The van der Waals surface area contributed by atoms with Gasteiger partial charge in [0, 0.05) is 24.8 Å². The Morgan fingerprint density at radius 2 is 2.16 bits per heavy atom. The highest BCUT2D eigenvalue weighted by Crippen LogP contribution is 2.45. The Balaban J connectivity index is 1.95. The van der Waals surface area contributed by atoms with Crippen LogP contribution < -0.4 is 10.5 Å². The molecule has 0 unspecified atom stereocenters. The molecule has 8 heteroatoms. The summed E-state index contributed by atoms with van der Waals surface area (Å²) >= 11 is 1.50. The lowest BCUT2D eigenvalue weighted by molar-refractivity contribution is 0.0523. The molecule has 4 rings (SSSR count). The maximum Gasteiger partial charge on any atom is 0.345 e. The van der Waals surface area contributed by atoms with Crippen LogP contribution >= 0.6 is 11.3 Å². The van der Waals surface area contributed by atoms with Crippen molar-refractivity contribution in [3.8, 4) is 10.7 Å². The third-order valence-electron chi connectivity index (χ3n) is 4.14. The summed E-state index contributed by atoms with van der Waals surface area (Å²) in [5, 5.41) is 1.05. The molecule has 0 bridgehead atoms. The van der Waals surface area contributed by atoms with Gasteiger partial charge in [0.15, 0.2) is 5.82 Å². The SMILES string of the molecule is CCOC(=O)c1cnc2n(c1=O)CN(C)c1c-2sc2ncc(C)cc12. The molecule has 0 saturated heterocycles. The zero-order valence-corrected chi connectivity index (χ0v) is 14.9. The predicted octanol–water partition coefficient (Wildman–Crippen LogP) is 2.41. The number of rotatable bonds is 2. The first kappa shape index (κ1) is 15.8. The fraction of sp³-hybridized carbons (Fsp3) is 0.294. The maximum atomic E-state index is 12.7. The van der Waals surface area contributed by atoms with Gasteiger partial charge in [-0.25, -0.2) is 14.8 Å². The van der Waals surface area contributed by atoms with Crippen molar-refractivity contribution in [2.45, 2.75) is 20.5 Å². The van der Waals surface area contributed by atoms with Crippen LogP contribution in [0.2, 0.25) is 0 Å². The highest BCUT2D eigenvalue weighted by Gasteiger charge is 2.29. The first-order valence-corrected chi connectivity index (χ1v) is 8.70. The number of hydrogen-bond acceptors (Lipinski definition) is 7. The number of esters is 1. The Morgan fingerprint density at radius 1 is 1.36 bits per heavy atom. The second-order valence-corrected chi connectivity index (χ2v) is 6.93. The van der Waals surface area contributed by atoms with E-state index in [0.717, 1.165) is 26.3 Å². The van der Waals surface area contributed by atoms with E-state index < -0.39 is 5.97 Å². The van der Waals surface area contributed by atoms with Crippen LogP contribution in [0.3, 0.4) is 0 Å². The van der Waals surface area contributed by atoms with Gasteiger partial charge in [-0.15, -0.1) is 11.3 Å². The average Bonchev–Trinajstić information content (AvgIpc) is 2.95. The molecule has 25 heavy (non-hydrogen) atoms. The minimum Gasteiger partial charge on any atom is -0.462 e. The number of pyridine rings is 1. The van der Waals surface area contributed by atoms with Gasteiger partial charge < -0.3 is 9.64 Å². The van der Waals surface area contributed by atoms with Gasteiger partial charge in [-0.3, -0.25) is 9.36 Å². The Bertz CT molecular complexity index is 1070. The summed E-state index contributed by atoms with van der Waals surface area (Å²) < 4.78 is 6.45. The number of carbonyl (C=O) groups is 1. The lowest BCUT2D eigenvalue weighted by atomic mass is 10.2. The molecule has 1 aliphatic rings. The van der Waals surface area contributed by atoms with Gasteiger partial charge in [0.05, 0.1) is 23.8 Å². The predicted molar refractivity (Wildman–Crippen MR) is 96.2 cm³/mol. The van der Waals surface area contributed by atoms with Crippen LogP contribution in [-0.4, -0.2) is 34.2 Å². The van der Waals surface area contributed by atoms with Gasteiger partial charge in [0.2, 0.25) is 0 Å². The van der Waals surface area contributed by atoms with Crippen LogP contribution in [0.15, 0.2) is 23.3 Å². The van der Waals surface area contributed by atoms with E-state index in [4.69, 9.17) is 4.74 Å². The van der Waals surface area contributed by atoms with Crippen LogP contribution in [0.5, 0.6) is 0 Å². The lowest BCUT2D eigenvalue weighted by Crippen LogP contribution is -2.37. The second kappa shape index (κ2) is 5.66. The van der Waals surface area contributed by atoms with Crippen molar-refractivity contribution in [1.82, 2.24) is 14.5 Å². The second-order valence-electron chi connectivity index (χ2n) is 5.93. The van der Waals surface area contributed by atoms with Crippen molar-refractivity contribution in [2.24, 2.45) is 0 Å². The molecule has 4 heterocycles. The van der Waals surface area contributed by atoms with E-state index in [1.54, 1.807) is 6.92 Å². The van der Waals surface area contributed by atoms with Gasteiger partial charge in [0.1, 0.15) is 10.4 Å². The van der Waals surface area contributed by atoms with Gasteiger partial charge in [0.25, 0.3) is 5.56 Å². The molecular formula is C17H16N4O3S. The van der Waals surface area contributed by atoms with E-state index in [-0.39, 0.29) is 17.7 Å². The van der Waals surface area contributed by atoms with Crippen molar-refractivity contribution >= 4 is 33.2 Å². The number of hydrogen-bond donors (Lipinski definition) is 0. The first-order chi connectivity index (χ1) is 12.0. The summed E-state index contributed by atoms with van der Waals surface area (Å²) in [5.74, 6) is -0.0795. The Labute approximate surface area is 147 Å². The van der Waals surface area contributed by atoms with E-state index in [1.165, 1.54) is 22.1 Å². The van der Waals surface area contributed by atoms with Crippen molar-refractivity contribution in [3.63, 3.8) is 0 Å². The number of anilines is 1. The first-order valence-electron chi connectivity index (χ1n) is 7.89. The monoisotopic (exact) mass is 356 g/mol. The summed E-state index contributed by atoms with van der Waals surface area (Å²) in [6.07, 6.45) is 3.14. The van der Waals surface area contributed by atoms with Crippen LogP contribution in [-0.2, 0) is 11.4 Å². The maximum absolute atomic E-state index is 12.7. The molecule has 0 fully saturated rings. The molecule has 128 valence electrons. The number of thiophene rings is 1. The molecule has 0 radical (unpaired) electrons. The summed E-state index contributed by atoms with van der Waals surface area (Å²) in [6, 6.07) is 2.09. The molecule has 3 aromatic rings. The van der Waals surface area contributed by atoms with Crippen LogP contribution in [0.1, 0.15) is 22.8 Å². The highest BCUT2D eigenvalue weighted by atomic mass is 32.1. The standard InChI is InChI=1S/C17H16N4O3S/c1-4-24-17(23)11-7-18-14-13-12(20(3)8-21(14)16(11)22)10-5-9(2)6-19-15(10)25-13/h5-7H,4,8H2,1-3H3. The molecule has 3 aromatic heterocycles. The van der Waals surface area contributed by atoms with E-state index in [1.807, 2.05) is 25.1 Å². The van der Waals surface area contributed by atoms with Gasteiger partial charge in [-0.05, 0) is 25.5 Å². The molecule has 7 nitrogen and oxygen atoms in total. The fourth-order valence-corrected chi connectivity index (χ4v) is 4.22. The molecule has 0 aromatic carbocycles. The number of nitrogens with zero attached hydrogens (tertiary/aromatic N) is 4. The molecule has 0 amide bonds. The van der Waals surface area contributed by atoms with Crippen molar-refractivity contribution < 1.29 is 9.53 Å². The Hall–Kier alpha value is -2.74. The minimum atomic E-state index is -0.641. The normalized spacial score (nSPS) is 12.8. The smallest absolute Gasteiger partial charge is 0.345 e. The molecule has 0 aliphatic carbocycles. The highest BCUT2D eigenvalue weighted by molar-refractivity contribution is 7.22. The summed E-state index contributed by atoms with van der Waals surface area (Å²) in [5.41, 5.74) is 1.67. The number of fused-ring (bicyclic) bond motifs is 5. The molecular weight excluding hydrogens is 340 g/mol. The van der Waals surface area contributed by atoms with Crippen molar-refractivity contribution in [1.29, 1.82) is 0 Å². The Kier molecular flexibility index (Phi) is 3.57. The van der Waals surface area contributed by atoms with Crippen molar-refractivity contribution in [2.75, 3.05) is 18.6 Å². The molecule has 0 N–H and O–H groups in total. The number of aromatic nitrogens is 3. The fourth-order valence-electron chi connectivity index (χ4n) is 3.04. The zero-order chi connectivity index (χ0) is 17.7. The van der Waals surface area contributed by atoms with E-state index >= 15 is 0 Å². The molecule has 0 saturated carbocycles. The summed E-state index contributed by atoms with van der Waals surface area (Å²) in [4.78, 5) is 37.4.